The van der Waals surface area contributed by atoms with Gasteiger partial charge >= 0.3 is 0 Å². The highest BCUT2D eigenvalue weighted by Crippen LogP contribution is 2.26. The van der Waals surface area contributed by atoms with Crippen molar-refractivity contribution in [2.75, 3.05) is 18.1 Å². The molecular formula is C15H22BrNO. The number of halogens is 1. The number of aryl methyl sites for hydroxylation is 1. The summed E-state index contributed by atoms with van der Waals surface area (Å²) in [6, 6.07) is 7.28. The molecule has 0 aromatic heterocycles. The van der Waals surface area contributed by atoms with Crippen molar-refractivity contribution in [2.45, 2.75) is 44.7 Å². The van der Waals surface area contributed by atoms with Crippen LogP contribution in [0.3, 0.4) is 0 Å². The molecule has 0 saturated carbocycles. The molecule has 1 saturated heterocycles. The Labute approximate surface area is 118 Å². The van der Waals surface area contributed by atoms with Crippen LogP contribution in [0, 0.1) is 6.92 Å². The Hall–Kier alpha value is -0.540. The Morgan fingerprint density at radius 1 is 1.44 bits per heavy atom. The first kappa shape index (κ1) is 13.9. The van der Waals surface area contributed by atoms with Gasteiger partial charge in [0.2, 0.25) is 0 Å². The largest absolute Gasteiger partial charge is 0.375 e. The van der Waals surface area contributed by atoms with E-state index in [1.165, 1.54) is 16.8 Å². The molecule has 2 rings (SSSR count). The monoisotopic (exact) mass is 311 g/mol. The first-order chi connectivity index (χ1) is 8.65. The number of morpholine rings is 1. The molecule has 1 aliphatic heterocycles. The van der Waals surface area contributed by atoms with E-state index in [4.69, 9.17) is 4.74 Å². The minimum atomic E-state index is 0.323. The van der Waals surface area contributed by atoms with Crippen LogP contribution in [-0.4, -0.2) is 25.3 Å². The summed E-state index contributed by atoms with van der Waals surface area (Å²) in [7, 11) is 0. The van der Waals surface area contributed by atoms with Gasteiger partial charge in [-0.3, -0.25) is 0 Å². The molecule has 0 spiro atoms. The molecule has 0 aliphatic carbocycles. The molecular weight excluding hydrogens is 290 g/mol. The average Bonchev–Trinajstić information content (AvgIpc) is 2.38. The van der Waals surface area contributed by atoms with Crippen LogP contribution in [0.2, 0.25) is 0 Å². The zero-order valence-electron chi connectivity index (χ0n) is 11.4. The normalized spacial score (nSPS) is 24.3. The van der Waals surface area contributed by atoms with E-state index in [9.17, 15) is 0 Å². The summed E-state index contributed by atoms with van der Waals surface area (Å²) in [4.78, 5) is 2.50. The number of anilines is 1. The number of hydrogen-bond acceptors (Lipinski definition) is 2. The Balaban J connectivity index is 2.25. The van der Waals surface area contributed by atoms with Crippen molar-refractivity contribution in [3.63, 3.8) is 0 Å². The Kier molecular flexibility index (Phi) is 4.68. The first-order valence-corrected chi connectivity index (χ1v) is 7.81. The molecule has 3 heteroatoms. The van der Waals surface area contributed by atoms with Gasteiger partial charge in [0.1, 0.15) is 0 Å². The van der Waals surface area contributed by atoms with Crippen LogP contribution in [0.5, 0.6) is 0 Å². The van der Waals surface area contributed by atoms with Gasteiger partial charge in [-0.2, -0.15) is 0 Å². The maximum Gasteiger partial charge on any atom is 0.0723 e. The van der Waals surface area contributed by atoms with Crippen LogP contribution in [0.15, 0.2) is 18.2 Å². The van der Waals surface area contributed by atoms with Gasteiger partial charge in [0.05, 0.1) is 18.8 Å². The number of rotatable bonds is 3. The molecule has 2 atom stereocenters. The van der Waals surface area contributed by atoms with Crippen molar-refractivity contribution in [1.82, 2.24) is 0 Å². The maximum absolute atomic E-state index is 5.76. The lowest BCUT2D eigenvalue weighted by atomic mass is 10.1. The molecule has 0 bridgehead atoms. The summed E-state index contributed by atoms with van der Waals surface area (Å²) in [5.74, 6) is 0. The summed E-state index contributed by atoms with van der Waals surface area (Å²) in [6.07, 6.45) is 1.45. The van der Waals surface area contributed by atoms with Gasteiger partial charge in [0.25, 0.3) is 0 Å². The SMILES string of the molecule is CCC1COC(C)CN1c1ccc(CBr)c(C)c1. The molecule has 18 heavy (non-hydrogen) atoms. The smallest absolute Gasteiger partial charge is 0.0723 e. The highest BCUT2D eigenvalue weighted by molar-refractivity contribution is 9.08. The highest BCUT2D eigenvalue weighted by atomic mass is 79.9. The predicted molar refractivity (Wildman–Crippen MR) is 80.6 cm³/mol. The van der Waals surface area contributed by atoms with Crippen LogP contribution in [-0.2, 0) is 10.1 Å². The number of nitrogens with zero attached hydrogens (tertiary/aromatic N) is 1. The van der Waals surface area contributed by atoms with E-state index < -0.39 is 0 Å². The first-order valence-electron chi connectivity index (χ1n) is 6.69. The van der Waals surface area contributed by atoms with Crippen LogP contribution >= 0.6 is 15.9 Å². The molecule has 1 heterocycles. The molecule has 1 aromatic rings. The molecule has 1 fully saturated rings. The van der Waals surface area contributed by atoms with E-state index in [1.54, 1.807) is 0 Å². The molecule has 100 valence electrons. The van der Waals surface area contributed by atoms with Crippen molar-refractivity contribution in [2.24, 2.45) is 0 Å². The minimum absolute atomic E-state index is 0.323. The quantitative estimate of drug-likeness (QED) is 0.785. The fourth-order valence-electron chi connectivity index (χ4n) is 2.51. The molecule has 1 aliphatic rings. The number of ether oxygens (including phenoxy) is 1. The van der Waals surface area contributed by atoms with Crippen molar-refractivity contribution < 1.29 is 4.74 Å². The fourth-order valence-corrected chi connectivity index (χ4v) is 3.14. The van der Waals surface area contributed by atoms with Gasteiger partial charge in [0, 0.05) is 17.6 Å². The van der Waals surface area contributed by atoms with Gasteiger partial charge in [0.15, 0.2) is 0 Å². The average molecular weight is 312 g/mol. The summed E-state index contributed by atoms with van der Waals surface area (Å²) in [5.41, 5.74) is 4.06. The van der Waals surface area contributed by atoms with Crippen molar-refractivity contribution in [1.29, 1.82) is 0 Å². The summed E-state index contributed by atoms with van der Waals surface area (Å²) >= 11 is 3.53. The standard InChI is InChI=1S/C15H22BrNO/c1-4-14-10-18-12(3)9-17(14)15-6-5-13(8-16)11(2)7-15/h5-7,12,14H,4,8-10H2,1-3H3. The molecule has 0 N–H and O–H groups in total. The minimum Gasteiger partial charge on any atom is -0.375 e. The van der Waals surface area contributed by atoms with Crippen LogP contribution in [0.4, 0.5) is 5.69 Å². The number of alkyl halides is 1. The Morgan fingerprint density at radius 3 is 2.83 bits per heavy atom. The van der Waals surface area contributed by atoms with E-state index in [2.05, 4.69) is 59.8 Å². The highest BCUT2D eigenvalue weighted by Gasteiger charge is 2.25. The second kappa shape index (κ2) is 6.07. The van der Waals surface area contributed by atoms with Gasteiger partial charge in [-0.05, 0) is 43.5 Å². The van der Waals surface area contributed by atoms with E-state index >= 15 is 0 Å². The predicted octanol–water partition coefficient (Wildman–Crippen LogP) is 3.89. The van der Waals surface area contributed by atoms with Gasteiger partial charge in [-0.15, -0.1) is 0 Å². The van der Waals surface area contributed by atoms with E-state index in [1.807, 2.05) is 0 Å². The molecule has 2 nitrogen and oxygen atoms in total. The maximum atomic E-state index is 5.76. The lowest BCUT2D eigenvalue weighted by Gasteiger charge is -2.40. The second-order valence-electron chi connectivity index (χ2n) is 5.10. The van der Waals surface area contributed by atoms with E-state index in [0.29, 0.717) is 12.1 Å². The Morgan fingerprint density at radius 2 is 2.22 bits per heavy atom. The Bertz CT molecular complexity index is 407. The van der Waals surface area contributed by atoms with Crippen molar-refractivity contribution >= 4 is 21.6 Å². The molecule has 0 radical (unpaired) electrons. The topological polar surface area (TPSA) is 12.5 Å². The fraction of sp³-hybridized carbons (Fsp3) is 0.600. The molecule has 1 aromatic carbocycles. The summed E-state index contributed by atoms with van der Waals surface area (Å²) < 4.78 is 5.76. The van der Waals surface area contributed by atoms with Gasteiger partial charge in [-0.25, -0.2) is 0 Å². The lowest BCUT2D eigenvalue weighted by molar-refractivity contribution is 0.0299. The number of hydrogen-bond donors (Lipinski definition) is 0. The second-order valence-corrected chi connectivity index (χ2v) is 5.66. The van der Waals surface area contributed by atoms with E-state index in [0.717, 1.165) is 24.9 Å². The van der Waals surface area contributed by atoms with Gasteiger partial charge < -0.3 is 9.64 Å². The summed E-state index contributed by atoms with van der Waals surface area (Å²) in [6.45, 7) is 8.41. The van der Waals surface area contributed by atoms with E-state index in [-0.39, 0.29) is 0 Å². The molecule has 0 amide bonds. The van der Waals surface area contributed by atoms with Crippen molar-refractivity contribution in [3.8, 4) is 0 Å². The zero-order chi connectivity index (χ0) is 13.1. The molecule has 2 unspecified atom stereocenters. The van der Waals surface area contributed by atoms with Crippen LogP contribution in [0.1, 0.15) is 31.4 Å². The third-order valence-electron chi connectivity index (χ3n) is 3.74. The number of benzene rings is 1. The third kappa shape index (κ3) is 2.89. The van der Waals surface area contributed by atoms with Crippen LogP contribution in [0.25, 0.3) is 0 Å². The third-order valence-corrected chi connectivity index (χ3v) is 4.34. The zero-order valence-corrected chi connectivity index (χ0v) is 13.0. The van der Waals surface area contributed by atoms with Crippen molar-refractivity contribution in [3.05, 3.63) is 29.3 Å². The summed E-state index contributed by atoms with van der Waals surface area (Å²) in [5, 5.41) is 0.926. The lowest BCUT2D eigenvalue weighted by Crippen LogP contribution is -2.48. The van der Waals surface area contributed by atoms with Crippen LogP contribution < -0.4 is 4.90 Å². The van der Waals surface area contributed by atoms with Gasteiger partial charge in [-0.1, -0.05) is 28.9 Å².